The van der Waals surface area contributed by atoms with Gasteiger partial charge in [-0.05, 0) is 208 Å². The predicted molar refractivity (Wildman–Crippen MR) is 499 cm³/mol. The first kappa shape index (κ1) is 92.2. The number of alkyl carbamates (subject to hydrolysis) is 2. The van der Waals surface area contributed by atoms with Gasteiger partial charge in [-0.25, -0.2) is 19.6 Å². The molecule has 8 aromatic rings. The van der Waals surface area contributed by atoms with Gasteiger partial charge in [-0.2, -0.15) is 0 Å². The summed E-state index contributed by atoms with van der Waals surface area (Å²) in [5.41, 5.74) is 17.1. The van der Waals surface area contributed by atoms with Gasteiger partial charge in [0.2, 0.25) is 23.6 Å². The summed E-state index contributed by atoms with van der Waals surface area (Å²) >= 11 is 3.75. The van der Waals surface area contributed by atoms with Crippen molar-refractivity contribution in [3.63, 3.8) is 0 Å². The molecule has 1 saturated carbocycles. The number of nitrogens with zero attached hydrogens (tertiary/aromatic N) is 8. The third-order valence-electron chi connectivity index (χ3n) is 28.9. The van der Waals surface area contributed by atoms with Crippen molar-refractivity contribution in [2.24, 2.45) is 57.3 Å². The summed E-state index contributed by atoms with van der Waals surface area (Å²) in [6.45, 7) is 22.8. The number of hydrogen-bond acceptors (Lipinski definition) is 20. The molecule has 5 fully saturated rings. The van der Waals surface area contributed by atoms with Crippen LogP contribution in [0.25, 0.3) is 66.3 Å². The number of benzene rings is 6. The Kier molecular flexibility index (Phi) is 27.5. The molecule has 6 aromatic carbocycles. The molecule has 130 heavy (non-hydrogen) atoms. The molecule has 29 heteroatoms. The molecule has 2 aromatic heterocycles. The van der Waals surface area contributed by atoms with Crippen molar-refractivity contribution in [1.29, 1.82) is 0 Å². The minimum atomic E-state index is -0.751. The number of hydrogen-bond donors (Lipinski definition) is 4. The molecule has 28 nitrogen and oxygen atoms in total. The highest BCUT2D eigenvalue weighted by Gasteiger charge is 2.49. The molecular formula is C101H123BrN12O16. The van der Waals surface area contributed by atoms with Gasteiger partial charge in [0.1, 0.15) is 58.7 Å². The average molecular weight is 1840 g/mol. The van der Waals surface area contributed by atoms with Gasteiger partial charge in [0.05, 0.1) is 108 Å². The van der Waals surface area contributed by atoms with E-state index in [-0.39, 0.29) is 120 Å². The molecule has 4 N–H and O–H groups in total. The Morgan fingerprint density at radius 1 is 0.500 bits per heavy atom. The van der Waals surface area contributed by atoms with Gasteiger partial charge in [0, 0.05) is 109 Å². The number of ether oxygens (including phenoxy) is 8. The molecule has 0 spiro atoms. The van der Waals surface area contributed by atoms with E-state index >= 15 is 0 Å². The Balaban J connectivity index is 0.000000190. The fraction of sp³-hybridized carbons (Fsp3) is 0.525. The molecular weight excluding hydrogens is 1720 g/mol. The largest absolute Gasteiger partial charge is 0.488 e. The van der Waals surface area contributed by atoms with Crippen LogP contribution in [0.4, 0.5) is 21.0 Å². The third kappa shape index (κ3) is 18.2. The molecule has 4 saturated heterocycles. The lowest BCUT2D eigenvalue weighted by Crippen LogP contribution is -2.51. The lowest BCUT2D eigenvalue weighted by Gasteiger charge is -2.33. The summed E-state index contributed by atoms with van der Waals surface area (Å²) in [6.07, 6.45) is 8.47. The second kappa shape index (κ2) is 38.8. The van der Waals surface area contributed by atoms with Crippen LogP contribution in [0.2, 0.25) is 0 Å². The minimum absolute atomic E-state index is 0.000219. The normalized spacial score (nSPS) is 21.9. The van der Waals surface area contributed by atoms with E-state index in [0.717, 1.165) is 173 Å². The number of esters is 2. The Morgan fingerprint density at radius 2 is 0.931 bits per heavy atom. The molecule has 10 heterocycles. The number of aromatic amines is 2. The van der Waals surface area contributed by atoms with E-state index in [9.17, 15) is 38.4 Å². The van der Waals surface area contributed by atoms with E-state index in [2.05, 4.69) is 135 Å². The second-order valence-electron chi connectivity index (χ2n) is 37.9. The van der Waals surface area contributed by atoms with Crippen LogP contribution < -0.4 is 20.1 Å². The number of likely N-dealkylation sites (tertiary alicyclic amines) is 4. The summed E-state index contributed by atoms with van der Waals surface area (Å²) < 4.78 is 44.6. The van der Waals surface area contributed by atoms with Crippen molar-refractivity contribution in [3.05, 3.63) is 129 Å². The summed E-state index contributed by atoms with van der Waals surface area (Å²) in [6, 6.07) is 27.7. The number of fused-ring (bicyclic) bond motifs is 12. The van der Waals surface area contributed by atoms with E-state index in [1.165, 1.54) is 28.4 Å². The highest BCUT2D eigenvalue weighted by Crippen LogP contribution is 2.52. The molecule has 0 bridgehead atoms. The molecule has 0 radical (unpaired) electrons. The number of imidazole rings is 2. The Hall–Kier alpha value is -11.0. The van der Waals surface area contributed by atoms with Crippen LogP contribution in [0.5, 0.6) is 11.5 Å². The monoisotopic (exact) mass is 1840 g/mol. The second-order valence-corrected chi connectivity index (χ2v) is 38.6. The van der Waals surface area contributed by atoms with Gasteiger partial charge in [0.25, 0.3) is 0 Å². The Bertz CT molecular complexity index is 5770. The molecule has 0 unspecified atom stereocenters. The fourth-order valence-corrected chi connectivity index (χ4v) is 21.6. The van der Waals surface area contributed by atoms with Crippen molar-refractivity contribution in [3.8, 4) is 56.3 Å². The maximum Gasteiger partial charge on any atom is 0.407 e. The molecule has 1 aliphatic carbocycles. The maximum absolute atomic E-state index is 14.4. The zero-order valence-corrected chi connectivity index (χ0v) is 79.1. The van der Waals surface area contributed by atoms with E-state index in [4.69, 9.17) is 57.8 Å². The van der Waals surface area contributed by atoms with Gasteiger partial charge >= 0.3 is 24.1 Å². The fourth-order valence-electron chi connectivity index (χ4n) is 21.1. The van der Waals surface area contributed by atoms with Crippen molar-refractivity contribution >= 4 is 108 Å². The number of H-pyrrole nitrogens is 2. The van der Waals surface area contributed by atoms with Crippen LogP contribution in [0, 0.1) is 47.3 Å². The average Bonchev–Trinajstić information content (AvgIpc) is 1.47. The predicted octanol–water partition coefficient (Wildman–Crippen LogP) is 17.5. The van der Waals surface area contributed by atoms with Crippen molar-refractivity contribution in [2.45, 2.75) is 227 Å². The van der Waals surface area contributed by atoms with Gasteiger partial charge in [0.15, 0.2) is 0 Å². The van der Waals surface area contributed by atoms with E-state index < -0.39 is 36.1 Å². The number of aromatic nitrogens is 4. The van der Waals surface area contributed by atoms with Crippen molar-refractivity contribution in [1.82, 2.24) is 50.2 Å². The summed E-state index contributed by atoms with van der Waals surface area (Å²) in [7, 11) is 8.69. The van der Waals surface area contributed by atoms with Gasteiger partial charge in [-0.3, -0.25) is 38.8 Å². The summed E-state index contributed by atoms with van der Waals surface area (Å²) in [5.74, 6) is 1.41. The number of nitrogens with one attached hydrogen (secondary N) is 4. The third-order valence-corrected chi connectivity index (χ3v) is 29.5. The minimum Gasteiger partial charge on any atom is -0.488 e. The number of carbonyl (C=O) groups excluding carboxylic acids is 8. The first-order valence-corrected chi connectivity index (χ1v) is 47.1. The van der Waals surface area contributed by atoms with Crippen molar-refractivity contribution < 1.29 is 76.3 Å². The molecule has 17 rings (SSSR count). The lowest BCUT2D eigenvalue weighted by molar-refractivity contribution is -0.148. The van der Waals surface area contributed by atoms with Gasteiger partial charge in [-0.15, -0.1) is 0 Å². The number of methoxy groups -OCH3 is 6. The molecule has 6 amide bonds. The van der Waals surface area contributed by atoms with Crippen LogP contribution in [-0.4, -0.2) is 204 Å². The lowest BCUT2D eigenvalue weighted by atomic mass is 9.89. The van der Waals surface area contributed by atoms with Crippen molar-refractivity contribution in [2.75, 3.05) is 69.0 Å². The van der Waals surface area contributed by atoms with Crippen LogP contribution >= 0.6 is 15.9 Å². The van der Waals surface area contributed by atoms with Gasteiger partial charge in [-0.1, -0.05) is 105 Å². The van der Waals surface area contributed by atoms with Crippen LogP contribution in [0.15, 0.2) is 99.5 Å². The highest BCUT2D eigenvalue weighted by molar-refractivity contribution is 9.10. The summed E-state index contributed by atoms with van der Waals surface area (Å²) in [5, 5.41) is 9.96. The van der Waals surface area contributed by atoms with Crippen LogP contribution in [0.3, 0.4) is 0 Å². The van der Waals surface area contributed by atoms with E-state index in [1.54, 1.807) is 14.2 Å². The number of halogens is 1. The van der Waals surface area contributed by atoms with Crippen LogP contribution in [0.1, 0.15) is 204 Å². The molecule has 8 aliphatic heterocycles. The number of carbonyl (C=O) groups is 8. The quantitative estimate of drug-likeness (QED) is 0.0274. The smallest absolute Gasteiger partial charge is 0.407 e. The zero-order valence-electron chi connectivity index (χ0n) is 77.5. The first-order valence-electron chi connectivity index (χ1n) is 46.3. The van der Waals surface area contributed by atoms with E-state index in [1.807, 2.05) is 75.0 Å². The van der Waals surface area contributed by atoms with E-state index in [0.29, 0.717) is 94.4 Å². The number of aliphatic imine (C=N–C) groups is 2. The standard InChI is InChI=1S/C52H64N6O8.C49H59BrN6O8/c1-9-28(4)46(56-52(62)65-8)51(61)57-24-30(25-63-6)18-43(57)49-54-47(31-11-12-31)48(55-49)33-13-15-35-34(19-33)26-66-44-22-37-32(20-39(35)44)14-16-40-38(37)21-41(53-40)42-17-10-29(5)58(42)50(60)36(27(2)3)23-45(59)64-7;1-9-26(4)43(53-49(60)63-8)48(59)55-22-28(23-61-6)16-40(55)46-52-44(45(50)54-46)30-11-13-32-31(17-30)24-64-41-20-34-29(18-36(32)41)12-14-37-35(34)19-38(51-37)39-15-10-27(5)56(39)47(58)33(25(2)3)21-42(57)62-7/h13-16,19-20,22,27-31,36,42-43,46H,9-12,17-18,21,23-26H2,1-8H3,(H,54,55)(H,56,62);11-14,17-18,20,25-28,33,39-40,43H,9-10,15-16,19,21-24H2,1-8H3,(H,52,54)(H,53,60)/t28-,29-,30-,36-,42-,43-,46-;26-,27-,28-,33-,39-,40-,43-/m00/s1. The Morgan fingerprint density at radius 3 is 1.34 bits per heavy atom. The highest BCUT2D eigenvalue weighted by atomic mass is 79.9. The Labute approximate surface area is 768 Å². The number of rotatable bonds is 27. The topological polar surface area (TPSA) is 329 Å². The molecule has 690 valence electrons. The SMILES string of the molecule is CC[C@H](C)[C@H](NC(=O)OC)C(=O)N1C[C@@H](COC)C[C@H]1c1nc(-c2ccc3c(c2)COc2cc4c5c(ccc4cc2-3)N=C([C@@H]2CC[C@H](C)N2C(=O)[C@@H](CC(=O)OC)C(C)C)C5)c(Br)[nH]1.CC[C@H](C)[C@H](NC(=O)OC)C(=O)N1C[C@@H](COC)C[C@H]1c1nc(-c2ccc3c(c2)COc2cc4c5c(ccc4cc2-3)N=C([C@@H]2CC[C@H](C)N2C(=O)[C@@H](CC(=O)OC)C(C)C)C5)c(C2CC2)[nH]1. The zero-order chi connectivity index (χ0) is 92.1. The summed E-state index contributed by atoms with van der Waals surface area (Å²) in [4.78, 5) is 142. The number of amides is 6. The molecule has 14 atom stereocenters. The van der Waals surface area contributed by atoms with Crippen LogP contribution in [-0.2, 0) is 83.2 Å². The first-order chi connectivity index (χ1) is 62.5. The molecule has 9 aliphatic rings. The van der Waals surface area contributed by atoms with Gasteiger partial charge < -0.3 is 78.1 Å². The maximum atomic E-state index is 14.4.